The van der Waals surface area contributed by atoms with Gasteiger partial charge in [-0.1, -0.05) is 48.5 Å². The first kappa shape index (κ1) is 23.3. The molecule has 3 rings (SSSR count). The number of anilines is 1. The number of benzene rings is 3. The van der Waals surface area contributed by atoms with Crippen LogP contribution >= 0.6 is 0 Å². The lowest BCUT2D eigenvalue weighted by Crippen LogP contribution is -2.32. The molecular weight excluding hydrogens is 404 g/mol. The molecule has 2 atom stereocenters. The number of carbonyl (C=O) groups is 1. The number of methoxy groups -OCH3 is 1. The summed E-state index contributed by atoms with van der Waals surface area (Å²) < 4.78 is 11.1. The molecule has 0 saturated heterocycles. The second-order valence-electron chi connectivity index (χ2n) is 7.67. The molecule has 0 saturated carbocycles. The molecule has 3 N–H and O–H groups in total. The van der Waals surface area contributed by atoms with Crippen LogP contribution in [0.5, 0.6) is 11.5 Å². The van der Waals surface area contributed by atoms with Crippen LogP contribution in [-0.4, -0.2) is 31.2 Å². The van der Waals surface area contributed by atoms with Crippen molar-refractivity contribution in [3.05, 3.63) is 89.5 Å². The van der Waals surface area contributed by atoms with Crippen molar-refractivity contribution in [2.75, 3.05) is 19.0 Å². The Bertz CT molecular complexity index is 977. The summed E-state index contributed by atoms with van der Waals surface area (Å²) in [6.07, 6.45) is 0.723. The Morgan fingerprint density at radius 3 is 2.44 bits per heavy atom. The van der Waals surface area contributed by atoms with Crippen LogP contribution in [0.2, 0.25) is 0 Å². The molecule has 0 spiro atoms. The van der Waals surface area contributed by atoms with Crippen molar-refractivity contribution >= 4 is 12.1 Å². The van der Waals surface area contributed by atoms with Crippen LogP contribution in [0.3, 0.4) is 0 Å². The van der Waals surface area contributed by atoms with Crippen molar-refractivity contribution in [2.24, 2.45) is 0 Å². The zero-order valence-electron chi connectivity index (χ0n) is 18.5. The predicted octanol–water partition coefficient (Wildman–Crippen LogP) is 4.10. The SMILES string of the molecule is COc1ccc(C[C@@H](C)NC[C@H](O)c2ccc(OCc3ccccc3)c(NC=O)c2)cc1. The number of amides is 1. The summed E-state index contributed by atoms with van der Waals surface area (Å²) in [7, 11) is 1.65. The van der Waals surface area contributed by atoms with Gasteiger partial charge in [0.25, 0.3) is 0 Å². The van der Waals surface area contributed by atoms with E-state index in [9.17, 15) is 9.90 Å². The third-order valence-corrected chi connectivity index (χ3v) is 5.20. The molecule has 32 heavy (non-hydrogen) atoms. The average Bonchev–Trinajstić information content (AvgIpc) is 2.83. The van der Waals surface area contributed by atoms with Crippen molar-refractivity contribution in [3.63, 3.8) is 0 Å². The molecule has 0 heterocycles. The summed E-state index contributed by atoms with van der Waals surface area (Å²) in [5.41, 5.74) is 3.45. The maximum Gasteiger partial charge on any atom is 0.211 e. The molecule has 1 amide bonds. The highest BCUT2D eigenvalue weighted by Gasteiger charge is 2.13. The number of nitrogens with one attached hydrogen (secondary N) is 2. The van der Waals surface area contributed by atoms with Crippen LogP contribution in [0.25, 0.3) is 0 Å². The van der Waals surface area contributed by atoms with Crippen LogP contribution in [-0.2, 0) is 17.8 Å². The molecule has 0 aliphatic heterocycles. The number of aliphatic hydroxyl groups is 1. The van der Waals surface area contributed by atoms with Gasteiger partial charge in [-0.05, 0) is 54.3 Å². The van der Waals surface area contributed by atoms with E-state index in [1.165, 1.54) is 5.56 Å². The monoisotopic (exact) mass is 434 g/mol. The highest BCUT2D eigenvalue weighted by atomic mass is 16.5. The molecule has 0 radical (unpaired) electrons. The van der Waals surface area contributed by atoms with E-state index < -0.39 is 6.10 Å². The zero-order valence-corrected chi connectivity index (χ0v) is 18.5. The van der Waals surface area contributed by atoms with Gasteiger partial charge in [0.15, 0.2) is 0 Å². The highest BCUT2D eigenvalue weighted by molar-refractivity contribution is 5.75. The Balaban J connectivity index is 1.56. The minimum Gasteiger partial charge on any atom is -0.497 e. The zero-order chi connectivity index (χ0) is 22.8. The van der Waals surface area contributed by atoms with Crippen molar-refractivity contribution in [2.45, 2.75) is 32.1 Å². The lowest BCUT2D eigenvalue weighted by atomic mass is 10.1. The standard InChI is InChI=1S/C26H30N2O4/c1-19(14-20-8-11-23(31-2)12-9-20)27-16-25(30)22-10-13-26(24(15-22)28-18-29)32-17-21-6-4-3-5-7-21/h3-13,15,18-19,25,27,30H,14,16-17H2,1-2H3,(H,28,29)/t19-,25+/m1/s1. The number of hydrogen-bond acceptors (Lipinski definition) is 5. The summed E-state index contributed by atoms with van der Waals surface area (Å²) >= 11 is 0. The van der Waals surface area contributed by atoms with Gasteiger partial charge in [-0.15, -0.1) is 0 Å². The molecule has 0 unspecified atom stereocenters. The third kappa shape index (κ3) is 6.83. The predicted molar refractivity (Wildman–Crippen MR) is 126 cm³/mol. The first-order chi connectivity index (χ1) is 15.6. The first-order valence-corrected chi connectivity index (χ1v) is 10.6. The molecule has 3 aromatic rings. The van der Waals surface area contributed by atoms with Crippen LogP contribution < -0.4 is 20.1 Å². The Morgan fingerprint density at radius 2 is 1.75 bits per heavy atom. The summed E-state index contributed by atoms with van der Waals surface area (Å²) in [5, 5.41) is 16.7. The quantitative estimate of drug-likeness (QED) is 0.374. The van der Waals surface area contributed by atoms with E-state index in [1.54, 1.807) is 19.2 Å². The smallest absolute Gasteiger partial charge is 0.211 e. The highest BCUT2D eigenvalue weighted by Crippen LogP contribution is 2.29. The van der Waals surface area contributed by atoms with Gasteiger partial charge in [0.1, 0.15) is 18.1 Å². The minimum absolute atomic E-state index is 0.180. The third-order valence-electron chi connectivity index (χ3n) is 5.20. The normalized spacial score (nSPS) is 12.6. The fourth-order valence-corrected chi connectivity index (χ4v) is 3.41. The number of aliphatic hydroxyl groups excluding tert-OH is 1. The number of ether oxygens (including phenoxy) is 2. The van der Waals surface area contributed by atoms with E-state index >= 15 is 0 Å². The van der Waals surface area contributed by atoms with Gasteiger partial charge < -0.3 is 25.2 Å². The van der Waals surface area contributed by atoms with Crippen molar-refractivity contribution in [3.8, 4) is 11.5 Å². The molecular formula is C26H30N2O4. The lowest BCUT2D eigenvalue weighted by Gasteiger charge is -2.19. The molecule has 0 aliphatic carbocycles. The Labute approximate surface area is 189 Å². The molecule has 0 bridgehead atoms. The lowest BCUT2D eigenvalue weighted by molar-refractivity contribution is -0.105. The number of hydrogen-bond donors (Lipinski definition) is 3. The van der Waals surface area contributed by atoms with E-state index in [4.69, 9.17) is 9.47 Å². The maximum absolute atomic E-state index is 11.1. The summed E-state index contributed by atoms with van der Waals surface area (Å²) in [4.78, 5) is 11.1. The van der Waals surface area contributed by atoms with Crippen LogP contribution in [0.4, 0.5) is 5.69 Å². The first-order valence-electron chi connectivity index (χ1n) is 10.6. The Morgan fingerprint density at radius 1 is 1.00 bits per heavy atom. The van der Waals surface area contributed by atoms with E-state index in [0.717, 1.165) is 17.7 Å². The van der Waals surface area contributed by atoms with E-state index in [2.05, 4.69) is 17.6 Å². The molecule has 0 aromatic heterocycles. The molecule has 6 heteroatoms. The largest absolute Gasteiger partial charge is 0.497 e. The van der Waals surface area contributed by atoms with Crippen molar-refractivity contribution in [1.29, 1.82) is 0 Å². The molecule has 0 fully saturated rings. The average molecular weight is 435 g/mol. The molecule has 6 nitrogen and oxygen atoms in total. The van der Waals surface area contributed by atoms with E-state index in [0.29, 0.717) is 36.6 Å². The fraction of sp³-hybridized carbons (Fsp3) is 0.269. The fourth-order valence-electron chi connectivity index (χ4n) is 3.41. The van der Waals surface area contributed by atoms with E-state index in [1.807, 2.05) is 60.7 Å². The van der Waals surface area contributed by atoms with Gasteiger partial charge in [0, 0.05) is 12.6 Å². The molecule has 168 valence electrons. The van der Waals surface area contributed by atoms with Crippen LogP contribution in [0, 0.1) is 0 Å². The molecule has 0 aliphatic rings. The van der Waals surface area contributed by atoms with Crippen LogP contribution in [0.1, 0.15) is 29.7 Å². The van der Waals surface area contributed by atoms with Gasteiger partial charge in [0.2, 0.25) is 6.41 Å². The summed E-state index contributed by atoms with van der Waals surface area (Å²) in [6, 6.07) is 23.3. The summed E-state index contributed by atoms with van der Waals surface area (Å²) in [5.74, 6) is 1.39. The van der Waals surface area contributed by atoms with Crippen molar-refractivity contribution < 1.29 is 19.4 Å². The number of carbonyl (C=O) groups excluding carboxylic acids is 1. The Hall–Kier alpha value is -3.35. The van der Waals surface area contributed by atoms with Gasteiger partial charge >= 0.3 is 0 Å². The van der Waals surface area contributed by atoms with Gasteiger partial charge in [-0.3, -0.25) is 4.79 Å². The van der Waals surface area contributed by atoms with E-state index in [-0.39, 0.29) is 6.04 Å². The van der Waals surface area contributed by atoms with Gasteiger partial charge in [0.05, 0.1) is 18.9 Å². The second-order valence-corrected chi connectivity index (χ2v) is 7.67. The summed E-state index contributed by atoms with van der Waals surface area (Å²) in [6.45, 7) is 2.86. The Kier molecular flexibility index (Phi) is 8.66. The topological polar surface area (TPSA) is 79.8 Å². The van der Waals surface area contributed by atoms with Gasteiger partial charge in [-0.2, -0.15) is 0 Å². The minimum atomic E-state index is -0.719. The van der Waals surface area contributed by atoms with Gasteiger partial charge in [-0.25, -0.2) is 0 Å². The maximum atomic E-state index is 11.1. The number of rotatable bonds is 12. The second kappa shape index (κ2) is 11.9. The van der Waals surface area contributed by atoms with Crippen LogP contribution in [0.15, 0.2) is 72.8 Å². The van der Waals surface area contributed by atoms with Crippen molar-refractivity contribution in [1.82, 2.24) is 5.32 Å². The molecule has 3 aromatic carbocycles.